The lowest BCUT2D eigenvalue weighted by Gasteiger charge is -2.52. The Bertz CT molecular complexity index is 4340. The Morgan fingerprint density at radius 3 is 2.11 bits per heavy atom. The summed E-state index contributed by atoms with van der Waals surface area (Å²) in [5.41, 5.74) is 19.9. The molecular formula is C66H52BN3S2. The standard InChI is InChI=1S/C66H52BN3S2/c1-64(2,3)43-35-48-60-51(36-43)67-50-34-42(41-29-28-39-18-9-10-19-40(39)32-41)33-49-62(50)70(66(5)31-16-15-30-65(49,66)4)54-38-45(37-53(59(54)67)69(60)61-47-23-12-14-26-56(47)72-63(48)61)68(44-20-7-6-8-21-44)52-24-17-27-57-58(52)46-22-11-13-25-55(46)71-57/h6-14,17-29,32-38H,15-16,30-31H2,1-5H3. The summed E-state index contributed by atoms with van der Waals surface area (Å²) in [5.74, 6) is 0. The van der Waals surface area contributed by atoms with Gasteiger partial charge in [0.15, 0.2) is 0 Å². The number of anilines is 5. The maximum Gasteiger partial charge on any atom is 0.252 e. The van der Waals surface area contributed by atoms with Gasteiger partial charge in [-0.2, -0.15) is 0 Å². The predicted octanol–water partition coefficient (Wildman–Crippen LogP) is 16.8. The van der Waals surface area contributed by atoms with Gasteiger partial charge in [-0.1, -0.05) is 150 Å². The maximum atomic E-state index is 2.92. The van der Waals surface area contributed by atoms with E-state index in [4.69, 9.17) is 0 Å². The summed E-state index contributed by atoms with van der Waals surface area (Å²) >= 11 is 3.86. The molecular weight excluding hydrogens is 910 g/mol. The molecule has 0 saturated heterocycles. The van der Waals surface area contributed by atoms with E-state index < -0.39 is 0 Å². The van der Waals surface area contributed by atoms with Gasteiger partial charge in [-0.25, -0.2) is 0 Å². The normalized spacial score (nSPS) is 18.7. The molecule has 0 bridgehead atoms. The molecule has 6 heterocycles. The summed E-state index contributed by atoms with van der Waals surface area (Å²) in [6, 6.07) is 67.9. The van der Waals surface area contributed by atoms with Crippen LogP contribution in [0.2, 0.25) is 0 Å². The summed E-state index contributed by atoms with van der Waals surface area (Å²) in [6.45, 7) is 12.5. The Labute approximate surface area is 428 Å². The van der Waals surface area contributed by atoms with E-state index in [0.717, 1.165) is 18.5 Å². The van der Waals surface area contributed by atoms with Crippen LogP contribution in [-0.2, 0) is 10.8 Å². The number of hydrogen-bond donors (Lipinski definition) is 0. The lowest BCUT2D eigenvalue weighted by atomic mass is 9.33. The zero-order valence-electron chi connectivity index (χ0n) is 41.3. The van der Waals surface area contributed by atoms with Crippen molar-refractivity contribution in [2.24, 2.45) is 0 Å². The number of fused-ring (bicyclic) bond motifs is 16. The molecule has 9 aromatic carbocycles. The average Bonchev–Trinajstić information content (AvgIpc) is 4.12. The minimum absolute atomic E-state index is 0.0174. The van der Waals surface area contributed by atoms with Gasteiger partial charge in [-0.15, -0.1) is 22.7 Å². The highest BCUT2D eigenvalue weighted by molar-refractivity contribution is 7.27. The molecule has 3 aliphatic heterocycles. The quantitative estimate of drug-likeness (QED) is 0.163. The molecule has 0 N–H and O–H groups in total. The van der Waals surface area contributed by atoms with Crippen LogP contribution in [0.3, 0.4) is 0 Å². The Balaban J connectivity index is 1.08. The fourth-order valence-corrected chi connectivity index (χ4v) is 16.7. The van der Waals surface area contributed by atoms with Gasteiger partial charge in [0.1, 0.15) is 0 Å². The molecule has 0 amide bonds. The van der Waals surface area contributed by atoms with E-state index in [1.807, 2.05) is 22.7 Å². The number of aromatic nitrogens is 1. The van der Waals surface area contributed by atoms with Crippen molar-refractivity contribution in [3.63, 3.8) is 0 Å². The van der Waals surface area contributed by atoms with Crippen LogP contribution in [0.5, 0.6) is 0 Å². The third-order valence-corrected chi connectivity index (χ3v) is 20.3. The average molecular weight is 962 g/mol. The first-order valence-corrected chi connectivity index (χ1v) is 27.6. The SMILES string of the molecule is CC(C)(C)c1cc2c3c(c1)c1sc4ccccc4c1n3-c1cc(N(c3ccccc3)c3cccc4sc5ccccc5c34)cc3c1B2c1cc(-c2ccc4ccccc4c2)cc2c1N3C1(C)CCCCC21C. The van der Waals surface area contributed by atoms with Crippen molar-refractivity contribution >= 4 is 136 Å². The van der Waals surface area contributed by atoms with Gasteiger partial charge in [0.2, 0.25) is 0 Å². The highest BCUT2D eigenvalue weighted by Crippen LogP contribution is 2.63. The smallest absolute Gasteiger partial charge is 0.252 e. The lowest BCUT2D eigenvalue weighted by molar-refractivity contribution is 0.195. The molecule has 0 radical (unpaired) electrons. The number of thiophene rings is 2. The van der Waals surface area contributed by atoms with Crippen molar-refractivity contribution in [3.05, 3.63) is 187 Å². The van der Waals surface area contributed by atoms with Crippen LogP contribution in [0.4, 0.5) is 28.4 Å². The second-order valence-corrected chi connectivity index (χ2v) is 24.9. The Morgan fingerprint density at radius 2 is 1.28 bits per heavy atom. The van der Waals surface area contributed by atoms with E-state index in [0.29, 0.717) is 0 Å². The molecule has 0 spiro atoms. The number of nitrogens with zero attached hydrogens (tertiary/aromatic N) is 3. The molecule has 16 rings (SSSR count). The van der Waals surface area contributed by atoms with Gasteiger partial charge in [0.25, 0.3) is 6.71 Å². The first-order valence-electron chi connectivity index (χ1n) is 26.0. The zero-order valence-corrected chi connectivity index (χ0v) is 42.9. The monoisotopic (exact) mass is 961 g/mol. The largest absolute Gasteiger partial charge is 0.335 e. The molecule has 6 heteroatoms. The van der Waals surface area contributed by atoms with Crippen LogP contribution in [0.15, 0.2) is 176 Å². The fraction of sp³-hybridized carbons (Fsp3) is 0.182. The number of para-hydroxylation sites is 1. The van der Waals surface area contributed by atoms with Gasteiger partial charge in [0, 0.05) is 63.8 Å². The third kappa shape index (κ3) is 5.31. The topological polar surface area (TPSA) is 11.4 Å². The van der Waals surface area contributed by atoms with Crippen molar-refractivity contribution in [3.8, 4) is 16.8 Å². The van der Waals surface area contributed by atoms with Crippen LogP contribution in [0.25, 0.3) is 79.0 Å². The first-order chi connectivity index (χ1) is 35.1. The van der Waals surface area contributed by atoms with E-state index in [9.17, 15) is 0 Å². The third-order valence-electron chi connectivity index (χ3n) is 18.0. The van der Waals surface area contributed by atoms with Crippen LogP contribution >= 0.6 is 22.7 Å². The Hall–Kier alpha value is -7.12. The van der Waals surface area contributed by atoms with Crippen LogP contribution < -0.4 is 26.2 Å². The highest BCUT2D eigenvalue weighted by atomic mass is 32.1. The van der Waals surface area contributed by atoms with Gasteiger partial charge in [-0.05, 0) is 141 Å². The summed E-state index contributed by atoms with van der Waals surface area (Å²) < 4.78 is 8.09. The molecule has 2 atom stereocenters. The van der Waals surface area contributed by atoms with Gasteiger partial charge in [-0.3, -0.25) is 0 Å². The second-order valence-electron chi connectivity index (χ2n) is 22.7. The molecule has 3 aromatic heterocycles. The van der Waals surface area contributed by atoms with Crippen LogP contribution in [0, 0.1) is 0 Å². The molecule has 72 heavy (non-hydrogen) atoms. The number of hydrogen-bond acceptors (Lipinski definition) is 4. The molecule has 2 unspecified atom stereocenters. The fourth-order valence-electron chi connectivity index (χ4n) is 14.3. The van der Waals surface area contributed by atoms with Crippen LogP contribution in [-0.4, -0.2) is 16.8 Å². The predicted molar refractivity (Wildman–Crippen MR) is 313 cm³/mol. The van der Waals surface area contributed by atoms with E-state index in [2.05, 4.69) is 225 Å². The van der Waals surface area contributed by atoms with Crippen molar-refractivity contribution in [2.45, 2.75) is 76.7 Å². The Kier molecular flexibility index (Phi) is 8.25. The lowest BCUT2D eigenvalue weighted by Crippen LogP contribution is -2.64. The molecule has 3 nitrogen and oxygen atoms in total. The second kappa shape index (κ2) is 14.3. The van der Waals surface area contributed by atoms with Gasteiger partial charge < -0.3 is 14.4 Å². The molecule has 4 aliphatic rings. The molecule has 1 saturated carbocycles. The zero-order chi connectivity index (χ0) is 48.0. The number of benzene rings is 9. The van der Waals surface area contributed by atoms with Crippen molar-refractivity contribution in [1.82, 2.24) is 4.57 Å². The summed E-state index contributed by atoms with van der Waals surface area (Å²) in [5, 5.41) is 7.89. The molecule has 12 aromatic rings. The summed E-state index contributed by atoms with van der Waals surface area (Å²) in [4.78, 5) is 5.51. The van der Waals surface area contributed by atoms with Gasteiger partial charge >= 0.3 is 0 Å². The van der Waals surface area contributed by atoms with Crippen molar-refractivity contribution in [1.29, 1.82) is 0 Å². The summed E-state index contributed by atoms with van der Waals surface area (Å²) in [6.07, 6.45) is 4.75. The molecule has 1 aliphatic carbocycles. The Morgan fingerprint density at radius 1 is 0.556 bits per heavy atom. The van der Waals surface area contributed by atoms with Crippen molar-refractivity contribution in [2.75, 3.05) is 9.80 Å². The van der Waals surface area contributed by atoms with E-state index in [-0.39, 0.29) is 23.1 Å². The van der Waals surface area contributed by atoms with Crippen molar-refractivity contribution < 1.29 is 0 Å². The maximum absolute atomic E-state index is 2.92. The minimum atomic E-state index is -0.160. The number of rotatable bonds is 4. The minimum Gasteiger partial charge on any atom is -0.335 e. The molecule has 346 valence electrons. The van der Waals surface area contributed by atoms with Crippen LogP contribution in [0.1, 0.15) is 71.4 Å². The molecule has 1 fully saturated rings. The first kappa shape index (κ1) is 41.5. The van der Waals surface area contributed by atoms with Gasteiger partial charge in [0.05, 0.1) is 32.6 Å². The highest BCUT2D eigenvalue weighted by Gasteiger charge is 2.61. The van der Waals surface area contributed by atoms with E-state index in [1.165, 1.54) is 142 Å². The van der Waals surface area contributed by atoms with E-state index >= 15 is 0 Å². The van der Waals surface area contributed by atoms with E-state index in [1.54, 1.807) is 0 Å². The summed E-state index contributed by atoms with van der Waals surface area (Å²) in [7, 11) is 0.